The molecule has 6 heteroatoms. The average molecular weight is 359 g/mol. The van der Waals surface area contributed by atoms with Gasteiger partial charge in [-0.15, -0.1) is 0 Å². The molecule has 1 unspecified atom stereocenters. The lowest BCUT2D eigenvalue weighted by atomic mass is 10.1. The van der Waals surface area contributed by atoms with Crippen molar-refractivity contribution in [1.29, 1.82) is 0 Å². The summed E-state index contributed by atoms with van der Waals surface area (Å²) in [4.78, 5) is 7.06. The van der Waals surface area contributed by atoms with Gasteiger partial charge < -0.3 is 4.90 Å². The number of benzene rings is 1. The number of likely N-dealkylation sites (N-methyl/N-ethyl adjacent to an activating group) is 1. The van der Waals surface area contributed by atoms with E-state index in [1.54, 1.807) is 11.4 Å². The molecule has 1 aliphatic heterocycles. The molecule has 1 atom stereocenters. The predicted octanol–water partition coefficient (Wildman–Crippen LogP) is 2.94. The first-order valence-electron chi connectivity index (χ1n) is 9.05. The quantitative estimate of drug-likeness (QED) is 0.842. The number of piperidine rings is 1. The summed E-state index contributed by atoms with van der Waals surface area (Å²) in [6.45, 7) is 3.75. The van der Waals surface area contributed by atoms with Gasteiger partial charge in [0, 0.05) is 31.6 Å². The number of hydrogen-bond donors (Lipinski definition) is 0. The van der Waals surface area contributed by atoms with Gasteiger partial charge in [0.05, 0.1) is 10.8 Å². The summed E-state index contributed by atoms with van der Waals surface area (Å²) in [5.74, 6) is 0.957. The van der Waals surface area contributed by atoms with E-state index in [1.807, 2.05) is 18.2 Å². The number of pyridine rings is 1. The van der Waals surface area contributed by atoms with Crippen molar-refractivity contribution in [1.82, 2.24) is 9.29 Å². The van der Waals surface area contributed by atoms with E-state index in [-0.39, 0.29) is 11.3 Å². The zero-order valence-corrected chi connectivity index (χ0v) is 15.7. The van der Waals surface area contributed by atoms with Crippen molar-refractivity contribution in [3.05, 3.63) is 35.9 Å². The first kappa shape index (κ1) is 16.8. The van der Waals surface area contributed by atoms with E-state index in [2.05, 4.69) is 24.0 Å². The van der Waals surface area contributed by atoms with Gasteiger partial charge in [0.15, 0.2) is 0 Å². The lowest BCUT2D eigenvalue weighted by molar-refractivity contribution is 0.319. The SMILES string of the molecule is Cc1cc(N2CCCC(N(C)S(=O)(=O)C3CC3)C2)nc2ccccc12. The number of fused-ring (bicyclic) bond motifs is 1. The molecule has 1 aromatic carbocycles. The maximum Gasteiger partial charge on any atom is 0.217 e. The second-order valence-corrected chi connectivity index (χ2v) is 9.59. The Balaban J connectivity index is 1.59. The fourth-order valence-electron chi connectivity index (χ4n) is 3.76. The van der Waals surface area contributed by atoms with Crippen LogP contribution in [0.25, 0.3) is 10.9 Å². The van der Waals surface area contributed by atoms with Crippen molar-refractivity contribution >= 4 is 26.7 Å². The topological polar surface area (TPSA) is 53.5 Å². The molecule has 2 heterocycles. The highest BCUT2D eigenvalue weighted by Crippen LogP contribution is 2.33. The molecule has 0 amide bonds. The Bertz CT molecular complexity index is 893. The van der Waals surface area contributed by atoms with Gasteiger partial charge in [-0.05, 0) is 50.3 Å². The highest BCUT2D eigenvalue weighted by molar-refractivity contribution is 7.90. The molecule has 2 aliphatic rings. The van der Waals surface area contributed by atoms with Crippen LogP contribution in [0.15, 0.2) is 30.3 Å². The summed E-state index contributed by atoms with van der Waals surface area (Å²) >= 11 is 0. The van der Waals surface area contributed by atoms with Crippen molar-refractivity contribution in [3.63, 3.8) is 0 Å². The summed E-state index contributed by atoms with van der Waals surface area (Å²) in [6.07, 6.45) is 3.54. The van der Waals surface area contributed by atoms with Crippen molar-refractivity contribution in [2.75, 3.05) is 25.0 Å². The van der Waals surface area contributed by atoms with Crippen LogP contribution in [-0.2, 0) is 10.0 Å². The number of hydrogen-bond acceptors (Lipinski definition) is 4. The van der Waals surface area contributed by atoms with Gasteiger partial charge >= 0.3 is 0 Å². The molecular weight excluding hydrogens is 334 g/mol. The highest BCUT2D eigenvalue weighted by atomic mass is 32.2. The Morgan fingerprint density at radius 2 is 1.96 bits per heavy atom. The molecule has 0 radical (unpaired) electrons. The summed E-state index contributed by atoms with van der Waals surface area (Å²) < 4.78 is 26.7. The van der Waals surface area contributed by atoms with Crippen LogP contribution in [0.5, 0.6) is 0 Å². The molecule has 1 saturated heterocycles. The number of sulfonamides is 1. The number of para-hydroxylation sites is 1. The number of nitrogens with zero attached hydrogens (tertiary/aromatic N) is 3. The van der Waals surface area contributed by atoms with Gasteiger partial charge in [-0.3, -0.25) is 0 Å². The molecule has 5 nitrogen and oxygen atoms in total. The molecule has 4 rings (SSSR count). The second-order valence-electron chi connectivity index (χ2n) is 7.32. The van der Waals surface area contributed by atoms with Crippen LogP contribution < -0.4 is 4.90 Å². The second kappa shape index (κ2) is 6.25. The van der Waals surface area contributed by atoms with Gasteiger partial charge in [0.1, 0.15) is 5.82 Å². The van der Waals surface area contributed by atoms with Gasteiger partial charge in [-0.2, -0.15) is 4.31 Å². The van der Waals surface area contributed by atoms with Gasteiger partial charge in [0.2, 0.25) is 10.0 Å². The normalized spacial score (nSPS) is 21.9. The van der Waals surface area contributed by atoms with E-state index in [0.717, 1.165) is 43.6 Å². The van der Waals surface area contributed by atoms with Crippen LogP contribution in [0, 0.1) is 6.92 Å². The summed E-state index contributed by atoms with van der Waals surface area (Å²) in [7, 11) is -1.38. The van der Waals surface area contributed by atoms with Crippen molar-refractivity contribution < 1.29 is 8.42 Å². The lowest BCUT2D eigenvalue weighted by Gasteiger charge is -2.38. The standard InChI is InChI=1S/C19H25N3O2S/c1-14-12-19(20-18-8-4-3-7-17(14)18)22-11-5-6-15(13-22)21(2)25(23,24)16-9-10-16/h3-4,7-8,12,15-16H,5-6,9-11,13H2,1-2H3. The molecule has 1 saturated carbocycles. The Labute approximate surface area is 149 Å². The minimum absolute atomic E-state index is 0.0351. The Morgan fingerprint density at radius 1 is 1.20 bits per heavy atom. The monoisotopic (exact) mass is 359 g/mol. The van der Waals surface area contributed by atoms with E-state index in [4.69, 9.17) is 4.98 Å². The van der Waals surface area contributed by atoms with E-state index in [1.165, 1.54) is 10.9 Å². The molecule has 25 heavy (non-hydrogen) atoms. The molecule has 0 N–H and O–H groups in total. The molecule has 2 aromatic rings. The van der Waals surface area contributed by atoms with Crippen LogP contribution >= 0.6 is 0 Å². The largest absolute Gasteiger partial charge is 0.355 e. The lowest BCUT2D eigenvalue weighted by Crippen LogP contribution is -2.49. The van der Waals surface area contributed by atoms with Crippen molar-refractivity contribution in [2.45, 2.75) is 43.9 Å². The molecule has 2 fully saturated rings. The third-order valence-electron chi connectivity index (χ3n) is 5.49. The van der Waals surface area contributed by atoms with Crippen LogP contribution in [-0.4, -0.2) is 49.1 Å². The average Bonchev–Trinajstić information content (AvgIpc) is 3.47. The van der Waals surface area contributed by atoms with E-state index < -0.39 is 10.0 Å². The summed E-state index contributed by atoms with van der Waals surface area (Å²) in [5, 5.41) is 1.03. The summed E-state index contributed by atoms with van der Waals surface area (Å²) in [5.41, 5.74) is 2.21. The maximum absolute atomic E-state index is 12.6. The van der Waals surface area contributed by atoms with Gasteiger partial charge in [0.25, 0.3) is 0 Å². The Hall–Kier alpha value is -1.66. The van der Waals surface area contributed by atoms with Crippen molar-refractivity contribution in [2.24, 2.45) is 0 Å². The minimum Gasteiger partial charge on any atom is -0.355 e. The van der Waals surface area contributed by atoms with Gasteiger partial charge in [-0.1, -0.05) is 18.2 Å². The molecule has 134 valence electrons. The van der Waals surface area contributed by atoms with E-state index >= 15 is 0 Å². The molecule has 1 aromatic heterocycles. The van der Waals surface area contributed by atoms with Crippen LogP contribution in [0.3, 0.4) is 0 Å². The fourth-order valence-corrected chi connectivity index (χ4v) is 5.55. The van der Waals surface area contributed by atoms with E-state index in [0.29, 0.717) is 6.54 Å². The van der Waals surface area contributed by atoms with Crippen molar-refractivity contribution in [3.8, 4) is 0 Å². The Morgan fingerprint density at radius 3 is 2.72 bits per heavy atom. The van der Waals surface area contributed by atoms with Crippen LogP contribution in [0.2, 0.25) is 0 Å². The Kier molecular flexibility index (Phi) is 4.20. The molecule has 0 bridgehead atoms. The smallest absolute Gasteiger partial charge is 0.217 e. The third kappa shape index (κ3) is 3.13. The summed E-state index contributed by atoms with van der Waals surface area (Å²) in [6, 6.07) is 10.3. The predicted molar refractivity (Wildman–Crippen MR) is 101 cm³/mol. The minimum atomic E-state index is -3.13. The molecule has 1 aliphatic carbocycles. The third-order valence-corrected chi connectivity index (χ3v) is 7.91. The fraction of sp³-hybridized carbons (Fsp3) is 0.526. The molecule has 0 spiro atoms. The zero-order valence-electron chi connectivity index (χ0n) is 14.9. The highest BCUT2D eigenvalue weighted by Gasteiger charge is 2.41. The number of aromatic nitrogens is 1. The first-order valence-corrected chi connectivity index (χ1v) is 10.6. The molecular formula is C19H25N3O2S. The van der Waals surface area contributed by atoms with E-state index in [9.17, 15) is 8.42 Å². The van der Waals surface area contributed by atoms with Crippen LogP contribution in [0.4, 0.5) is 5.82 Å². The maximum atomic E-state index is 12.6. The van der Waals surface area contributed by atoms with Crippen LogP contribution in [0.1, 0.15) is 31.2 Å². The number of rotatable bonds is 4. The zero-order chi connectivity index (χ0) is 17.6. The van der Waals surface area contributed by atoms with Gasteiger partial charge in [-0.25, -0.2) is 13.4 Å². The number of anilines is 1. The first-order chi connectivity index (χ1) is 12.0. The number of aryl methyl sites for hydroxylation is 1.